The lowest BCUT2D eigenvalue weighted by Crippen LogP contribution is -2.51. The van der Waals surface area contributed by atoms with Crippen LogP contribution in [-0.2, 0) is 30.4 Å². The van der Waals surface area contributed by atoms with Crippen LogP contribution < -0.4 is 9.47 Å². The second kappa shape index (κ2) is 14.7. The Bertz CT molecular complexity index is 1350. The number of esters is 1. The molecule has 5 rings (SSSR count). The highest BCUT2D eigenvalue weighted by atomic mass is 16.5. The molecule has 10 heteroatoms. The van der Waals surface area contributed by atoms with Crippen molar-refractivity contribution in [3.63, 3.8) is 0 Å². The minimum Gasteiger partial charge on any atom is -0.481 e. The van der Waals surface area contributed by atoms with Crippen LogP contribution in [0.15, 0.2) is 30.6 Å². The zero-order valence-electron chi connectivity index (χ0n) is 28.5. The Morgan fingerprint density at radius 2 is 1.87 bits per heavy atom. The Morgan fingerprint density at radius 3 is 2.48 bits per heavy atom. The third-order valence-electron chi connectivity index (χ3n) is 9.46. The van der Waals surface area contributed by atoms with Gasteiger partial charge in [0.1, 0.15) is 12.1 Å². The smallest absolute Gasteiger partial charge is 0.329 e. The van der Waals surface area contributed by atoms with Gasteiger partial charge in [-0.15, -0.1) is 0 Å². The van der Waals surface area contributed by atoms with Gasteiger partial charge in [0, 0.05) is 36.0 Å². The first-order valence-electron chi connectivity index (χ1n) is 16.9. The van der Waals surface area contributed by atoms with E-state index >= 15 is 0 Å². The van der Waals surface area contributed by atoms with Crippen molar-refractivity contribution >= 4 is 11.9 Å². The second-order valence-corrected chi connectivity index (χ2v) is 14.0. The average molecular weight is 638 g/mol. The van der Waals surface area contributed by atoms with Crippen molar-refractivity contribution in [3.8, 4) is 11.8 Å². The van der Waals surface area contributed by atoms with Crippen LogP contribution in [0.1, 0.15) is 109 Å². The fourth-order valence-corrected chi connectivity index (χ4v) is 7.14. The molecule has 2 aliphatic heterocycles. The van der Waals surface area contributed by atoms with Crippen molar-refractivity contribution < 1.29 is 33.3 Å². The molecule has 0 radical (unpaired) electrons. The van der Waals surface area contributed by atoms with Crippen LogP contribution in [0.25, 0.3) is 0 Å². The number of rotatable bonds is 11. The van der Waals surface area contributed by atoms with Gasteiger partial charge in [-0.25, -0.2) is 14.8 Å². The molecule has 1 saturated carbocycles. The summed E-state index contributed by atoms with van der Waals surface area (Å²) in [6, 6.07) is 4.26. The molecule has 0 bridgehead atoms. The molecular weight excluding hydrogens is 586 g/mol. The summed E-state index contributed by atoms with van der Waals surface area (Å²) in [7, 11) is 1.61. The van der Waals surface area contributed by atoms with Crippen molar-refractivity contribution in [2.24, 2.45) is 11.3 Å². The summed E-state index contributed by atoms with van der Waals surface area (Å²) < 4.78 is 30.6. The largest absolute Gasteiger partial charge is 0.481 e. The van der Waals surface area contributed by atoms with E-state index in [-0.39, 0.29) is 25.2 Å². The van der Waals surface area contributed by atoms with Gasteiger partial charge < -0.3 is 28.6 Å². The first-order chi connectivity index (χ1) is 22.0. The van der Waals surface area contributed by atoms with Crippen LogP contribution in [0, 0.1) is 11.3 Å². The lowest BCUT2D eigenvalue weighted by molar-refractivity contribution is -0.162. The van der Waals surface area contributed by atoms with E-state index in [0.29, 0.717) is 36.3 Å². The number of nitrogens with zero attached hydrogens (tertiary/aromatic N) is 3. The van der Waals surface area contributed by atoms with E-state index in [1.807, 2.05) is 32.2 Å². The number of pyridine rings is 2. The Labute approximate surface area is 273 Å². The van der Waals surface area contributed by atoms with Crippen LogP contribution in [0.3, 0.4) is 0 Å². The molecule has 0 unspecified atom stereocenters. The Balaban J connectivity index is 1.64. The molecule has 2 aromatic heterocycles. The fourth-order valence-electron chi connectivity index (χ4n) is 7.14. The van der Waals surface area contributed by atoms with Gasteiger partial charge in [-0.3, -0.25) is 4.79 Å². The first-order valence-corrected chi connectivity index (χ1v) is 16.9. The molecule has 1 aliphatic carbocycles. The SMILES string of the molecule is CCOC(=O)[C@@H]1[C@@H](C(C)(C)C)[C@H](OCc2cc(C3CCC3)cnc2OC)[C@H](c2cccnc2OC(C)C)N1C(=O)[C@H]1CCCCO1. The first kappa shape index (κ1) is 34.1. The highest BCUT2D eigenvalue weighted by Crippen LogP contribution is 2.52. The highest BCUT2D eigenvalue weighted by molar-refractivity contribution is 5.89. The van der Waals surface area contributed by atoms with E-state index in [1.54, 1.807) is 25.1 Å². The number of hydrogen-bond donors (Lipinski definition) is 0. The summed E-state index contributed by atoms with van der Waals surface area (Å²) >= 11 is 0. The van der Waals surface area contributed by atoms with Crippen LogP contribution in [-0.4, -0.2) is 71.4 Å². The van der Waals surface area contributed by atoms with Gasteiger partial charge in [0.25, 0.3) is 5.91 Å². The minimum atomic E-state index is -0.915. The van der Waals surface area contributed by atoms with Crippen LogP contribution >= 0.6 is 0 Å². The number of hydrogen-bond acceptors (Lipinski definition) is 9. The third-order valence-corrected chi connectivity index (χ3v) is 9.46. The summed E-state index contributed by atoms with van der Waals surface area (Å²) in [6.07, 6.45) is 7.99. The molecule has 10 nitrogen and oxygen atoms in total. The Kier molecular flexibility index (Phi) is 10.9. The molecule has 4 heterocycles. The molecule has 5 atom stereocenters. The maximum Gasteiger partial charge on any atom is 0.329 e. The van der Waals surface area contributed by atoms with Gasteiger partial charge in [-0.05, 0) is 88.0 Å². The Morgan fingerprint density at radius 1 is 1.09 bits per heavy atom. The molecule has 2 saturated heterocycles. The highest BCUT2D eigenvalue weighted by Gasteiger charge is 2.60. The van der Waals surface area contributed by atoms with E-state index in [4.69, 9.17) is 23.7 Å². The topological polar surface area (TPSA) is 109 Å². The van der Waals surface area contributed by atoms with Crippen LogP contribution in [0.2, 0.25) is 0 Å². The number of aromatic nitrogens is 2. The Hall–Kier alpha value is -3.24. The van der Waals surface area contributed by atoms with Crippen molar-refractivity contribution in [1.82, 2.24) is 14.9 Å². The summed E-state index contributed by atoms with van der Waals surface area (Å²) in [5.74, 6) is 0.256. The van der Waals surface area contributed by atoms with Crippen molar-refractivity contribution in [3.05, 3.63) is 47.3 Å². The van der Waals surface area contributed by atoms with Crippen LogP contribution in [0.5, 0.6) is 11.8 Å². The number of likely N-dealkylation sites (tertiary alicyclic amines) is 1. The van der Waals surface area contributed by atoms with Gasteiger partial charge >= 0.3 is 5.97 Å². The van der Waals surface area contributed by atoms with Gasteiger partial charge in [0.05, 0.1) is 38.6 Å². The predicted molar refractivity (Wildman–Crippen MR) is 173 cm³/mol. The summed E-state index contributed by atoms with van der Waals surface area (Å²) in [4.78, 5) is 39.6. The molecule has 3 fully saturated rings. The monoisotopic (exact) mass is 637 g/mol. The molecule has 2 aromatic rings. The summed E-state index contributed by atoms with van der Waals surface area (Å²) in [6.45, 7) is 12.8. The molecule has 0 N–H and O–H groups in total. The third kappa shape index (κ3) is 7.18. The van der Waals surface area contributed by atoms with Crippen LogP contribution in [0.4, 0.5) is 0 Å². The standard InChI is InChI=1S/C36H51N3O7/c1-8-43-35(41)30-28(36(4,5)6)31(45-21-25-19-24(23-13-11-14-23)20-38-32(25)42-7)29(26-15-12-17-37-33(26)46-22(2)3)39(30)34(40)27-16-9-10-18-44-27/h12,15,17,19-20,22-23,27-31H,8-11,13-14,16,18,21H2,1-7H3/t27-,28-,29+,30+,31+/m1/s1. The van der Waals surface area contributed by atoms with Crippen molar-refractivity contribution in [2.75, 3.05) is 20.3 Å². The number of ether oxygens (including phenoxy) is 5. The fraction of sp³-hybridized carbons (Fsp3) is 0.667. The van der Waals surface area contributed by atoms with Gasteiger partial charge in [-0.2, -0.15) is 0 Å². The molecule has 3 aliphatic rings. The van der Waals surface area contributed by atoms with E-state index in [0.717, 1.165) is 31.2 Å². The zero-order valence-corrected chi connectivity index (χ0v) is 28.5. The second-order valence-electron chi connectivity index (χ2n) is 14.0. The normalized spacial score (nSPS) is 25.3. The molecule has 252 valence electrons. The summed E-state index contributed by atoms with van der Waals surface area (Å²) in [5.41, 5.74) is 2.22. The lowest BCUT2D eigenvalue weighted by Gasteiger charge is -2.36. The number of amides is 1. The van der Waals surface area contributed by atoms with E-state index < -0.39 is 41.6 Å². The quantitative estimate of drug-likeness (QED) is 0.267. The number of carbonyl (C=O) groups is 2. The maximum atomic E-state index is 14.6. The van der Waals surface area contributed by atoms with Crippen molar-refractivity contribution in [1.29, 1.82) is 0 Å². The summed E-state index contributed by atoms with van der Waals surface area (Å²) in [5, 5.41) is 0. The number of carbonyl (C=O) groups excluding carboxylic acids is 2. The molecular formula is C36H51N3O7. The number of methoxy groups -OCH3 is 1. The zero-order chi connectivity index (χ0) is 33.0. The molecule has 0 aromatic carbocycles. The molecule has 46 heavy (non-hydrogen) atoms. The van der Waals surface area contributed by atoms with E-state index in [2.05, 4.69) is 36.8 Å². The molecule has 0 spiro atoms. The minimum absolute atomic E-state index is 0.163. The van der Waals surface area contributed by atoms with E-state index in [9.17, 15) is 9.59 Å². The van der Waals surface area contributed by atoms with Gasteiger partial charge in [-0.1, -0.05) is 27.2 Å². The van der Waals surface area contributed by atoms with E-state index in [1.165, 1.54) is 12.0 Å². The van der Waals surface area contributed by atoms with Gasteiger partial charge in [0.2, 0.25) is 11.8 Å². The molecule has 1 amide bonds. The van der Waals surface area contributed by atoms with Crippen molar-refractivity contribution in [2.45, 2.75) is 123 Å². The maximum absolute atomic E-state index is 14.6. The predicted octanol–water partition coefficient (Wildman–Crippen LogP) is 6.17. The average Bonchev–Trinajstić information content (AvgIpc) is 3.35. The lowest BCUT2D eigenvalue weighted by atomic mass is 9.73. The van der Waals surface area contributed by atoms with Gasteiger partial charge in [0.15, 0.2) is 0 Å².